The van der Waals surface area contributed by atoms with Crippen LogP contribution in [0.3, 0.4) is 0 Å². The van der Waals surface area contributed by atoms with E-state index in [-0.39, 0.29) is 0 Å². The van der Waals surface area contributed by atoms with Gasteiger partial charge in [-0.25, -0.2) is 0 Å². The van der Waals surface area contributed by atoms with Gasteiger partial charge in [-0.15, -0.1) is 0 Å². The molecule has 0 aliphatic rings. The highest BCUT2D eigenvalue weighted by Gasteiger charge is 1.94. The summed E-state index contributed by atoms with van der Waals surface area (Å²) in [5.41, 5.74) is 9.08. The molecule has 1 aromatic heterocycles. The van der Waals surface area contributed by atoms with E-state index >= 15 is 0 Å². The largest absolute Gasteiger partial charge is 0.273 e. The Morgan fingerprint density at radius 3 is 3.18 bits per heavy atom. The molecule has 0 aliphatic carbocycles. The van der Waals surface area contributed by atoms with Crippen molar-refractivity contribution in [3.05, 3.63) is 28.4 Å². The number of nitrogens with zero attached hydrogens (tertiary/aromatic N) is 5. The molecule has 0 N–H and O–H groups in total. The van der Waals surface area contributed by atoms with Crippen LogP contribution in [0.25, 0.3) is 10.4 Å². The van der Waals surface area contributed by atoms with Gasteiger partial charge in [0, 0.05) is 30.4 Å². The molecule has 0 bridgehead atoms. The summed E-state index contributed by atoms with van der Waals surface area (Å²) in [5.74, 6) is 0. The van der Waals surface area contributed by atoms with Crippen LogP contribution in [0.1, 0.15) is 5.69 Å². The third kappa shape index (κ3) is 1.98. The Morgan fingerprint density at radius 2 is 2.64 bits per heavy atom. The predicted molar refractivity (Wildman–Crippen MR) is 40.9 cm³/mol. The van der Waals surface area contributed by atoms with Crippen LogP contribution < -0.4 is 0 Å². The lowest BCUT2D eigenvalue weighted by molar-refractivity contribution is 0.706. The fraction of sp³-hybridized carbons (Fsp3) is 0.500. The van der Waals surface area contributed by atoms with Crippen molar-refractivity contribution in [1.29, 1.82) is 0 Å². The van der Waals surface area contributed by atoms with E-state index in [0.29, 0.717) is 6.54 Å². The second-order valence-corrected chi connectivity index (χ2v) is 2.15. The van der Waals surface area contributed by atoms with Gasteiger partial charge in [-0.05, 0) is 18.0 Å². The number of aromatic nitrogens is 2. The summed E-state index contributed by atoms with van der Waals surface area (Å²) >= 11 is 0. The van der Waals surface area contributed by atoms with Gasteiger partial charge in [0.15, 0.2) is 0 Å². The highest BCUT2D eigenvalue weighted by molar-refractivity contribution is 5.00. The smallest absolute Gasteiger partial charge is 0.0492 e. The molecule has 0 fully saturated rings. The molecule has 0 radical (unpaired) electrons. The van der Waals surface area contributed by atoms with Crippen molar-refractivity contribution in [2.75, 3.05) is 6.54 Å². The standard InChI is InChI=1S/C6H9N5/c1-11-6(3-5-9-11)2-4-8-10-7/h3,5H,2,4H2,1H3. The molecule has 5 nitrogen and oxygen atoms in total. The van der Waals surface area contributed by atoms with E-state index in [1.165, 1.54) is 0 Å². The molecule has 11 heavy (non-hydrogen) atoms. The Labute approximate surface area is 64.3 Å². The number of azide groups is 1. The predicted octanol–water partition coefficient (Wildman–Crippen LogP) is 1.27. The molecule has 0 amide bonds. The fourth-order valence-corrected chi connectivity index (χ4v) is 0.856. The fourth-order valence-electron chi connectivity index (χ4n) is 0.856. The molecule has 0 spiro atoms. The van der Waals surface area contributed by atoms with Gasteiger partial charge in [-0.3, -0.25) is 4.68 Å². The molecule has 58 valence electrons. The third-order valence-electron chi connectivity index (χ3n) is 1.45. The van der Waals surface area contributed by atoms with E-state index in [9.17, 15) is 0 Å². The van der Waals surface area contributed by atoms with Crippen LogP contribution >= 0.6 is 0 Å². The molecule has 1 heterocycles. The summed E-state index contributed by atoms with van der Waals surface area (Å²) in [6.45, 7) is 0.496. The van der Waals surface area contributed by atoms with Crippen LogP contribution in [0.15, 0.2) is 17.4 Å². The molecule has 0 unspecified atom stereocenters. The lowest BCUT2D eigenvalue weighted by atomic mass is 10.3. The van der Waals surface area contributed by atoms with Gasteiger partial charge in [0.25, 0.3) is 0 Å². The molecule has 0 saturated heterocycles. The average Bonchev–Trinajstić information content (AvgIpc) is 2.37. The van der Waals surface area contributed by atoms with Crippen LogP contribution in [-0.4, -0.2) is 16.3 Å². The lowest BCUT2D eigenvalue weighted by Crippen LogP contribution is -1.99. The molecular weight excluding hydrogens is 142 g/mol. The van der Waals surface area contributed by atoms with Crippen LogP contribution in [0.5, 0.6) is 0 Å². The number of aryl methyl sites for hydroxylation is 1. The van der Waals surface area contributed by atoms with Gasteiger partial charge in [0.05, 0.1) is 0 Å². The van der Waals surface area contributed by atoms with Crippen molar-refractivity contribution in [1.82, 2.24) is 9.78 Å². The van der Waals surface area contributed by atoms with Crippen molar-refractivity contribution < 1.29 is 0 Å². The molecule has 5 heteroatoms. The van der Waals surface area contributed by atoms with E-state index in [4.69, 9.17) is 5.53 Å². The maximum absolute atomic E-state index is 8.00. The van der Waals surface area contributed by atoms with Gasteiger partial charge in [-0.1, -0.05) is 5.11 Å². The monoisotopic (exact) mass is 151 g/mol. The summed E-state index contributed by atoms with van der Waals surface area (Å²) in [6, 6.07) is 1.91. The topological polar surface area (TPSA) is 66.6 Å². The first-order chi connectivity index (χ1) is 5.34. The maximum atomic E-state index is 8.00. The van der Waals surface area contributed by atoms with Crippen LogP contribution in [0.2, 0.25) is 0 Å². The molecular formula is C6H9N5. The Kier molecular flexibility index (Phi) is 2.52. The van der Waals surface area contributed by atoms with Crippen molar-refractivity contribution in [3.63, 3.8) is 0 Å². The average molecular weight is 151 g/mol. The molecule has 1 aromatic rings. The Morgan fingerprint density at radius 1 is 1.82 bits per heavy atom. The highest BCUT2D eigenvalue weighted by Crippen LogP contribution is 1.96. The van der Waals surface area contributed by atoms with Crippen molar-refractivity contribution in [3.8, 4) is 0 Å². The van der Waals surface area contributed by atoms with E-state index in [1.54, 1.807) is 10.9 Å². The van der Waals surface area contributed by atoms with Gasteiger partial charge >= 0.3 is 0 Å². The van der Waals surface area contributed by atoms with Gasteiger partial charge in [-0.2, -0.15) is 5.10 Å². The van der Waals surface area contributed by atoms with Crippen LogP contribution in [0.4, 0.5) is 0 Å². The van der Waals surface area contributed by atoms with Gasteiger partial charge < -0.3 is 0 Å². The van der Waals surface area contributed by atoms with Crippen LogP contribution in [0, 0.1) is 0 Å². The Bertz CT molecular complexity index is 270. The highest BCUT2D eigenvalue weighted by atomic mass is 15.3. The quantitative estimate of drug-likeness (QED) is 0.364. The first-order valence-electron chi connectivity index (χ1n) is 3.32. The molecule has 0 aromatic carbocycles. The zero-order valence-corrected chi connectivity index (χ0v) is 6.30. The minimum absolute atomic E-state index is 0.496. The first kappa shape index (κ1) is 7.63. The van der Waals surface area contributed by atoms with Crippen molar-refractivity contribution >= 4 is 0 Å². The third-order valence-corrected chi connectivity index (χ3v) is 1.45. The number of hydrogen-bond acceptors (Lipinski definition) is 2. The molecule has 0 saturated carbocycles. The van der Waals surface area contributed by atoms with E-state index in [1.807, 2.05) is 13.1 Å². The summed E-state index contributed by atoms with van der Waals surface area (Å²) < 4.78 is 1.77. The van der Waals surface area contributed by atoms with Gasteiger partial charge in [0.2, 0.25) is 0 Å². The number of hydrogen-bond donors (Lipinski definition) is 0. The van der Waals surface area contributed by atoms with E-state index < -0.39 is 0 Å². The van der Waals surface area contributed by atoms with Crippen molar-refractivity contribution in [2.24, 2.45) is 12.2 Å². The van der Waals surface area contributed by atoms with Crippen molar-refractivity contribution in [2.45, 2.75) is 6.42 Å². The summed E-state index contributed by atoms with van der Waals surface area (Å²) in [4.78, 5) is 2.66. The van der Waals surface area contributed by atoms with E-state index in [0.717, 1.165) is 12.1 Å². The maximum Gasteiger partial charge on any atom is 0.0492 e. The molecule has 0 aliphatic heterocycles. The normalized spacial score (nSPS) is 9.18. The minimum Gasteiger partial charge on any atom is -0.273 e. The van der Waals surface area contributed by atoms with Crippen LogP contribution in [-0.2, 0) is 13.5 Å². The molecule has 0 atom stereocenters. The van der Waals surface area contributed by atoms with E-state index in [2.05, 4.69) is 15.1 Å². The summed E-state index contributed by atoms with van der Waals surface area (Å²) in [7, 11) is 1.87. The second kappa shape index (κ2) is 3.63. The first-order valence-corrected chi connectivity index (χ1v) is 3.32. The van der Waals surface area contributed by atoms with Gasteiger partial charge in [0.1, 0.15) is 0 Å². The Hall–Kier alpha value is -1.48. The lowest BCUT2D eigenvalue weighted by Gasteiger charge is -1.96. The second-order valence-electron chi connectivity index (χ2n) is 2.15. The summed E-state index contributed by atoms with van der Waals surface area (Å²) in [5, 5.41) is 7.40. The number of rotatable bonds is 3. The Balaban J connectivity index is 2.50. The summed E-state index contributed by atoms with van der Waals surface area (Å²) in [6.07, 6.45) is 2.48. The zero-order chi connectivity index (χ0) is 8.10. The zero-order valence-electron chi connectivity index (χ0n) is 6.30. The minimum atomic E-state index is 0.496. The molecule has 1 rings (SSSR count). The SMILES string of the molecule is Cn1nccc1CCN=[N+]=[N-].